The summed E-state index contributed by atoms with van der Waals surface area (Å²) >= 11 is 0. The largest absolute Gasteiger partial charge is 0.493 e. The fourth-order valence-electron chi connectivity index (χ4n) is 3.32. The predicted octanol–water partition coefficient (Wildman–Crippen LogP) is 2.00. The van der Waals surface area contributed by atoms with Crippen molar-refractivity contribution < 1.29 is 33.3 Å². The van der Waals surface area contributed by atoms with Crippen LogP contribution in [0.1, 0.15) is 17.3 Å². The molecule has 0 saturated heterocycles. The van der Waals surface area contributed by atoms with Gasteiger partial charge in [-0.15, -0.1) is 0 Å². The second-order valence-electron chi connectivity index (χ2n) is 6.74. The van der Waals surface area contributed by atoms with E-state index in [2.05, 4.69) is 5.32 Å². The zero-order chi connectivity index (χ0) is 21.3. The lowest BCUT2D eigenvalue weighted by molar-refractivity contribution is -0.128. The number of ether oxygens (including phenoxy) is 4. The summed E-state index contributed by atoms with van der Waals surface area (Å²) in [5.41, 5.74) is 1.23. The summed E-state index contributed by atoms with van der Waals surface area (Å²) in [6.07, 6.45) is -1.12. The van der Waals surface area contributed by atoms with E-state index in [-0.39, 0.29) is 18.0 Å². The summed E-state index contributed by atoms with van der Waals surface area (Å²) in [5.74, 6) is -0.429. The number of carbonyl (C=O) groups is 3. The Morgan fingerprint density at radius 1 is 1.17 bits per heavy atom. The van der Waals surface area contributed by atoms with Gasteiger partial charge in [-0.2, -0.15) is 0 Å². The molecule has 0 unspecified atom stereocenters. The van der Waals surface area contributed by atoms with Gasteiger partial charge in [0, 0.05) is 0 Å². The van der Waals surface area contributed by atoms with Crippen LogP contribution in [0.25, 0.3) is 0 Å². The molecule has 30 heavy (non-hydrogen) atoms. The first-order chi connectivity index (χ1) is 14.5. The molecule has 2 aromatic rings. The van der Waals surface area contributed by atoms with Gasteiger partial charge in [0.15, 0.2) is 17.6 Å². The summed E-state index contributed by atoms with van der Waals surface area (Å²) in [6, 6.07) is 9.88. The smallest absolute Gasteiger partial charge is 0.339 e. The van der Waals surface area contributed by atoms with E-state index in [1.54, 1.807) is 24.3 Å². The third-order valence-electron chi connectivity index (χ3n) is 4.73. The standard InChI is InChI=1S/C21H20N2O7/c1-12(20(25)23-11-18(24)22-14-5-3-4-6-15(14)23)30-21(26)13-9-16(27-2)19-17(10-13)28-7-8-29-19/h3-6,9-10,12H,7-8,11H2,1-2H3,(H,22,24)/t12-/m1/s1. The van der Waals surface area contributed by atoms with Gasteiger partial charge in [0.25, 0.3) is 5.91 Å². The van der Waals surface area contributed by atoms with Crippen molar-refractivity contribution in [1.29, 1.82) is 0 Å². The van der Waals surface area contributed by atoms with Crippen LogP contribution in [-0.2, 0) is 14.3 Å². The molecule has 2 aromatic carbocycles. The van der Waals surface area contributed by atoms with Gasteiger partial charge in [-0.3, -0.25) is 14.5 Å². The van der Waals surface area contributed by atoms with Gasteiger partial charge in [-0.25, -0.2) is 4.79 Å². The van der Waals surface area contributed by atoms with Crippen molar-refractivity contribution in [2.24, 2.45) is 0 Å². The lowest BCUT2D eigenvalue weighted by atomic mass is 10.1. The molecule has 2 amide bonds. The van der Waals surface area contributed by atoms with Gasteiger partial charge >= 0.3 is 5.97 Å². The van der Waals surface area contributed by atoms with Crippen molar-refractivity contribution in [1.82, 2.24) is 0 Å². The molecular weight excluding hydrogens is 392 g/mol. The molecule has 9 nitrogen and oxygen atoms in total. The summed E-state index contributed by atoms with van der Waals surface area (Å²) in [7, 11) is 1.45. The van der Waals surface area contributed by atoms with Crippen LogP contribution in [0.4, 0.5) is 11.4 Å². The van der Waals surface area contributed by atoms with Crippen LogP contribution in [0.2, 0.25) is 0 Å². The third kappa shape index (κ3) is 3.61. The Balaban J connectivity index is 1.53. The molecule has 0 radical (unpaired) electrons. The van der Waals surface area contributed by atoms with Crippen molar-refractivity contribution >= 4 is 29.2 Å². The number of nitrogens with one attached hydrogen (secondary N) is 1. The monoisotopic (exact) mass is 412 g/mol. The van der Waals surface area contributed by atoms with Crippen LogP contribution in [0.15, 0.2) is 36.4 Å². The molecule has 0 fully saturated rings. The Morgan fingerprint density at radius 3 is 2.73 bits per heavy atom. The highest BCUT2D eigenvalue weighted by Crippen LogP contribution is 2.40. The molecule has 2 aliphatic heterocycles. The molecule has 2 heterocycles. The number of nitrogens with zero attached hydrogens (tertiary/aromatic N) is 1. The highest BCUT2D eigenvalue weighted by Gasteiger charge is 2.32. The first kappa shape index (κ1) is 19.6. The number of methoxy groups -OCH3 is 1. The van der Waals surface area contributed by atoms with E-state index in [0.29, 0.717) is 41.8 Å². The number of esters is 1. The van der Waals surface area contributed by atoms with Crippen LogP contribution < -0.4 is 24.4 Å². The van der Waals surface area contributed by atoms with Crippen LogP contribution in [0, 0.1) is 0 Å². The van der Waals surface area contributed by atoms with Crippen LogP contribution in [0.5, 0.6) is 17.2 Å². The fourth-order valence-corrected chi connectivity index (χ4v) is 3.32. The van der Waals surface area contributed by atoms with E-state index in [9.17, 15) is 14.4 Å². The molecule has 0 aliphatic carbocycles. The van der Waals surface area contributed by atoms with E-state index in [1.807, 2.05) is 0 Å². The highest BCUT2D eigenvalue weighted by molar-refractivity contribution is 6.11. The number of hydrogen-bond donors (Lipinski definition) is 1. The molecule has 0 spiro atoms. The molecular formula is C21H20N2O7. The number of para-hydroxylation sites is 2. The molecule has 4 rings (SSSR count). The maximum Gasteiger partial charge on any atom is 0.339 e. The minimum Gasteiger partial charge on any atom is -0.493 e. The van der Waals surface area contributed by atoms with Crippen LogP contribution in [0.3, 0.4) is 0 Å². The zero-order valence-electron chi connectivity index (χ0n) is 16.5. The van der Waals surface area contributed by atoms with Gasteiger partial charge in [0.1, 0.15) is 19.8 Å². The molecule has 1 atom stereocenters. The van der Waals surface area contributed by atoms with Crippen molar-refractivity contribution in [3.63, 3.8) is 0 Å². The topological polar surface area (TPSA) is 103 Å². The third-order valence-corrected chi connectivity index (χ3v) is 4.73. The van der Waals surface area contributed by atoms with E-state index in [1.165, 1.54) is 31.1 Å². The van der Waals surface area contributed by atoms with Crippen molar-refractivity contribution in [3.8, 4) is 17.2 Å². The minimum atomic E-state index is -1.12. The number of fused-ring (bicyclic) bond motifs is 2. The van der Waals surface area contributed by atoms with Crippen molar-refractivity contribution in [3.05, 3.63) is 42.0 Å². The summed E-state index contributed by atoms with van der Waals surface area (Å²) < 4.78 is 21.7. The Hall–Kier alpha value is -3.75. The molecule has 2 aliphatic rings. The molecule has 156 valence electrons. The lowest BCUT2D eigenvalue weighted by Crippen LogP contribution is -2.47. The maximum absolute atomic E-state index is 12.9. The molecule has 0 saturated carbocycles. The van der Waals surface area contributed by atoms with E-state index < -0.39 is 18.0 Å². The van der Waals surface area contributed by atoms with Crippen LogP contribution in [-0.4, -0.2) is 50.8 Å². The highest BCUT2D eigenvalue weighted by atomic mass is 16.6. The van der Waals surface area contributed by atoms with E-state index >= 15 is 0 Å². The first-order valence-electron chi connectivity index (χ1n) is 9.37. The van der Waals surface area contributed by atoms with Gasteiger partial charge < -0.3 is 24.3 Å². The number of rotatable bonds is 4. The Bertz CT molecular complexity index is 1000. The molecule has 0 bridgehead atoms. The number of anilines is 2. The second kappa shape index (κ2) is 7.94. The summed E-state index contributed by atoms with van der Waals surface area (Å²) in [4.78, 5) is 38.9. The first-order valence-corrected chi connectivity index (χ1v) is 9.37. The van der Waals surface area contributed by atoms with Gasteiger partial charge in [0.2, 0.25) is 11.7 Å². The fraction of sp³-hybridized carbons (Fsp3) is 0.286. The summed E-state index contributed by atoms with van der Waals surface area (Å²) in [6.45, 7) is 2.03. The Labute approximate surface area is 172 Å². The summed E-state index contributed by atoms with van der Waals surface area (Å²) in [5, 5.41) is 2.71. The maximum atomic E-state index is 12.9. The van der Waals surface area contributed by atoms with Gasteiger partial charge in [-0.1, -0.05) is 12.1 Å². The molecule has 1 N–H and O–H groups in total. The SMILES string of the molecule is COc1cc(C(=O)O[C@H](C)C(=O)N2CC(=O)Nc3ccccc32)cc2c1OCCO2. The number of hydrogen-bond acceptors (Lipinski definition) is 7. The molecule has 0 aromatic heterocycles. The van der Waals surface area contributed by atoms with Gasteiger partial charge in [0.05, 0.1) is 24.0 Å². The number of benzene rings is 2. The normalized spacial score (nSPS) is 15.5. The van der Waals surface area contributed by atoms with Crippen LogP contribution >= 0.6 is 0 Å². The lowest BCUT2D eigenvalue weighted by Gasteiger charge is -2.30. The average molecular weight is 412 g/mol. The number of amides is 2. The zero-order valence-corrected chi connectivity index (χ0v) is 16.5. The van der Waals surface area contributed by atoms with Crippen molar-refractivity contribution in [2.75, 3.05) is 37.1 Å². The van der Waals surface area contributed by atoms with E-state index in [0.717, 1.165) is 0 Å². The van der Waals surface area contributed by atoms with E-state index in [4.69, 9.17) is 18.9 Å². The number of carbonyl (C=O) groups excluding carboxylic acids is 3. The van der Waals surface area contributed by atoms with Crippen molar-refractivity contribution in [2.45, 2.75) is 13.0 Å². The average Bonchev–Trinajstić information content (AvgIpc) is 2.77. The quantitative estimate of drug-likeness (QED) is 0.766. The predicted molar refractivity (Wildman–Crippen MR) is 106 cm³/mol. The Morgan fingerprint density at radius 2 is 1.93 bits per heavy atom. The minimum absolute atomic E-state index is 0.157. The Kier molecular flexibility index (Phi) is 5.18. The molecule has 9 heteroatoms. The van der Waals surface area contributed by atoms with Gasteiger partial charge in [-0.05, 0) is 31.2 Å². The second-order valence-corrected chi connectivity index (χ2v) is 6.74.